The van der Waals surface area contributed by atoms with E-state index in [1.807, 2.05) is 82.3 Å². The van der Waals surface area contributed by atoms with Crippen LogP contribution in [0, 0.1) is 18.3 Å². The van der Waals surface area contributed by atoms with Crippen LogP contribution < -0.4 is 5.32 Å². The molecule has 4 nitrogen and oxygen atoms in total. The molecular weight excluding hydrogens is 614 g/mol. The zero-order valence-corrected chi connectivity index (χ0v) is 30.3. The summed E-state index contributed by atoms with van der Waals surface area (Å²) in [6.07, 6.45) is 5.44. The van der Waals surface area contributed by atoms with E-state index in [4.69, 9.17) is 16.3 Å². The van der Waals surface area contributed by atoms with Gasteiger partial charge < -0.3 is 10.1 Å². The van der Waals surface area contributed by atoms with E-state index in [0.29, 0.717) is 28.3 Å². The third-order valence-corrected chi connectivity index (χ3v) is 9.99. The summed E-state index contributed by atoms with van der Waals surface area (Å²) in [6.45, 7) is 14.7. The number of hydrogen-bond donors (Lipinski definition) is 1. The summed E-state index contributed by atoms with van der Waals surface area (Å²) in [5, 5.41) is 3.90. The first-order valence-corrected chi connectivity index (χ1v) is 17.6. The van der Waals surface area contributed by atoms with Gasteiger partial charge in [0.2, 0.25) is 5.91 Å². The number of benzene rings is 4. The summed E-state index contributed by atoms with van der Waals surface area (Å²) in [7, 11) is 0. The number of rotatable bonds is 8. The molecule has 1 aliphatic rings. The number of nitrogens with one attached hydrogen (secondary N) is 1. The van der Waals surface area contributed by atoms with Crippen LogP contribution in [0.5, 0.6) is 0 Å². The molecule has 5 heteroatoms. The minimum absolute atomic E-state index is 0.0694. The van der Waals surface area contributed by atoms with Gasteiger partial charge in [0.05, 0.1) is 11.5 Å². The van der Waals surface area contributed by atoms with E-state index in [9.17, 15) is 9.59 Å². The molecule has 1 amide bonds. The highest BCUT2D eigenvalue weighted by Gasteiger charge is 2.30. The first-order valence-electron chi connectivity index (χ1n) is 17.3. The van der Waals surface area contributed by atoms with Gasteiger partial charge in [-0.3, -0.25) is 4.79 Å². The van der Waals surface area contributed by atoms with Gasteiger partial charge in [-0.2, -0.15) is 0 Å². The van der Waals surface area contributed by atoms with Crippen molar-refractivity contribution in [2.75, 3.05) is 5.32 Å². The molecule has 0 saturated heterocycles. The first-order chi connectivity index (χ1) is 22.7. The predicted molar refractivity (Wildman–Crippen MR) is 199 cm³/mol. The fourth-order valence-electron chi connectivity index (χ4n) is 6.92. The van der Waals surface area contributed by atoms with Gasteiger partial charge in [-0.25, -0.2) is 4.79 Å². The number of carbonyl (C=O) groups excluding carboxylic acids is 2. The first kappa shape index (κ1) is 35.4. The molecule has 1 N–H and O–H groups in total. The molecule has 0 radical (unpaired) electrons. The summed E-state index contributed by atoms with van der Waals surface area (Å²) >= 11 is 6.17. The lowest BCUT2D eigenvalue weighted by atomic mass is 9.68. The van der Waals surface area contributed by atoms with Crippen LogP contribution >= 0.6 is 11.6 Å². The Morgan fingerprint density at radius 1 is 0.812 bits per heavy atom. The van der Waals surface area contributed by atoms with Crippen LogP contribution in [-0.4, -0.2) is 17.5 Å². The van der Waals surface area contributed by atoms with Crippen molar-refractivity contribution >= 4 is 29.2 Å². The second-order valence-corrected chi connectivity index (χ2v) is 16.0. The molecule has 1 aliphatic carbocycles. The topological polar surface area (TPSA) is 55.4 Å². The normalized spacial score (nSPS) is 17.4. The van der Waals surface area contributed by atoms with Gasteiger partial charge in [0.25, 0.3) is 0 Å². The van der Waals surface area contributed by atoms with Gasteiger partial charge in [-0.1, -0.05) is 87.0 Å². The highest BCUT2D eigenvalue weighted by atomic mass is 35.5. The van der Waals surface area contributed by atoms with Gasteiger partial charge >= 0.3 is 5.97 Å². The summed E-state index contributed by atoms with van der Waals surface area (Å²) in [5.41, 5.74) is 7.61. The van der Waals surface area contributed by atoms with E-state index in [1.165, 1.54) is 31.2 Å². The van der Waals surface area contributed by atoms with Crippen LogP contribution in [-0.2, 0) is 16.0 Å². The van der Waals surface area contributed by atoms with E-state index < -0.39 is 11.5 Å². The van der Waals surface area contributed by atoms with Crippen molar-refractivity contribution < 1.29 is 14.3 Å². The lowest BCUT2D eigenvalue weighted by Gasteiger charge is -2.37. The standard InChI is InChI=1S/C43H50ClNO3/c1-28-26-36(44)22-25-38(28)32-18-23-37(24-19-32)45-40(46)39(27-29-8-10-34(11-9-29)41(47)48-43(5,6)7)33-14-12-30(13-15-33)31-16-20-35(21-17-31)42(2,3)4/h8-15,18-19,22-26,31,35,39H,16-17,20-21,27H2,1-7H3,(H,45,46)/t31?,35?,39-/m1/s1. The minimum atomic E-state index is -0.567. The molecule has 4 aromatic rings. The smallest absolute Gasteiger partial charge is 0.338 e. The molecule has 48 heavy (non-hydrogen) atoms. The zero-order chi connectivity index (χ0) is 34.6. The Balaban J connectivity index is 1.35. The second-order valence-electron chi connectivity index (χ2n) is 15.6. The van der Waals surface area contributed by atoms with Crippen molar-refractivity contribution in [3.05, 3.63) is 124 Å². The molecule has 1 saturated carbocycles. The lowest BCUT2D eigenvalue weighted by Crippen LogP contribution is -2.25. The molecule has 0 aromatic heterocycles. The molecule has 0 spiro atoms. The van der Waals surface area contributed by atoms with E-state index in [0.717, 1.165) is 39.4 Å². The summed E-state index contributed by atoms with van der Waals surface area (Å²) < 4.78 is 5.54. The molecule has 0 aliphatic heterocycles. The van der Waals surface area contributed by atoms with Crippen LogP contribution in [0.2, 0.25) is 5.02 Å². The van der Waals surface area contributed by atoms with Crippen molar-refractivity contribution in [1.29, 1.82) is 0 Å². The summed E-state index contributed by atoms with van der Waals surface area (Å²) in [4.78, 5) is 26.6. The number of aryl methyl sites for hydroxylation is 1. The van der Waals surface area contributed by atoms with Crippen LogP contribution in [0.4, 0.5) is 5.69 Å². The van der Waals surface area contributed by atoms with E-state index >= 15 is 0 Å². The van der Waals surface area contributed by atoms with Gasteiger partial charge in [-0.15, -0.1) is 0 Å². The summed E-state index contributed by atoms with van der Waals surface area (Å²) in [6, 6.07) is 30.0. The van der Waals surface area contributed by atoms with Crippen molar-refractivity contribution in [2.45, 2.75) is 98.0 Å². The highest BCUT2D eigenvalue weighted by molar-refractivity contribution is 6.30. The van der Waals surface area contributed by atoms with E-state index in [2.05, 4.69) is 50.4 Å². The Bertz CT molecular complexity index is 1700. The fraction of sp³-hybridized carbons (Fsp3) is 0.395. The average Bonchev–Trinajstić information content (AvgIpc) is 3.03. The van der Waals surface area contributed by atoms with Gasteiger partial charge in [0.1, 0.15) is 5.60 Å². The van der Waals surface area contributed by atoms with Crippen molar-refractivity contribution in [2.24, 2.45) is 11.3 Å². The highest BCUT2D eigenvalue weighted by Crippen LogP contribution is 2.43. The van der Waals surface area contributed by atoms with Gasteiger partial charge in [-0.05, 0) is 147 Å². The molecule has 1 atom stereocenters. The third-order valence-electron chi connectivity index (χ3n) is 9.76. The molecule has 0 unspecified atom stereocenters. The molecule has 0 bridgehead atoms. The average molecular weight is 664 g/mol. The number of esters is 1. The fourth-order valence-corrected chi connectivity index (χ4v) is 7.14. The summed E-state index contributed by atoms with van der Waals surface area (Å²) in [5.74, 6) is 0.495. The number of anilines is 1. The number of carbonyl (C=O) groups is 2. The number of halogens is 1. The van der Waals surface area contributed by atoms with E-state index in [1.54, 1.807) is 12.1 Å². The molecule has 252 valence electrons. The van der Waals surface area contributed by atoms with Crippen molar-refractivity contribution in [3.63, 3.8) is 0 Å². The Morgan fingerprint density at radius 2 is 1.44 bits per heavy atom. The maximum atomic E-state index is 14.0. The van der Waals surface area contributed by atoms with Gasteiger partial charge in [0.15, 0.2) is 0 Å². The Hall–Kier alpha value is -3.89. The Kier molecular flexibility index (Phi) is 10.8. The molecule has 4 aromatic carbocycles. The quantitative estimate of drug-likeness (QED) is 0.191. The molecule has 5 rings (SSSR count). The maximum Gasteiger partial charge on any atom is 0.338 e. The molecule has 0 heterocycles. The monoisotopic (exact) mass is 663 g/mol. The number of hydrogen-bond acceptors (Lipinski definition) is 3. The Morgan fingerprint density at radius 3 is 2.00 bits per heavy atom. The number of ether oxygens (including phenoxy) is 1. The lowest BCUT2D eigenvalue weighted by molar-refractivity contribution is -0.117. The molecule has 1 fully saturated rings. The van der Waals surface area contributed by atoms with Crippen molar-refractivity contribution in [3.8, 4) is 11.1 Å². The van der Waals surface area contributed by atoms with Gasteiger partial charge in [0, 0.05) is 10.7 Å². The zero-order valence-electron chi connectivity index (χ0n) is 29.5. The maximum absolute atomic E-state index is 14.0. The van der Waals surface area contributed by atoms with Crippen LogP contribution in [0.1, 0.15) is 112 Å². The Labute approximate surface area is 292 Å². The number of amides is 1. The SMILES string of the molecule is Cc1cc(Cl)ccc1-c1ccc(NC(=O)[C@H](Cc2ccc(C(=O)OC(C)(C)C)cc2)c2ccc(C3CCC(C(C)(C)C)CC3)cc2)cc1. The largest absolute Gasteiger partial charge is 0.456 e. The van der Waals surface area contributed by atoms with Crippen LogP contribution in [0.3, 0.4) is 0 Å². The predicted octanol–water partition coefficient (Wildman–Crippen LogP) is 11.6. The van der Waals surface area contributed by atoms with Crippen LogP contribution in [0.25, 0.3) is 11.1 Å². The second kappa shape index (κ2) is 14.7. The molecular formula is C43H50ClNO3. The van der Waals surface area contributed by atoms with E-state index in [-0.39, 0.29) is 11.9 Å². The third kappa shape index (κ3) is 9.17. The minimum Gasteiger partial charge on any atom is -0.456 e. The van der Waals surface area contributed by atoms with Crippen LogP contribution in [0.15, 0.2) is 91.0 Å². The van der Waals surface area contributed by atoms with Crippen molar-refractivity contribution in [1.82, 2.24) is 0 Å².